The lowest BCUT2D eigenvalue weighted by Gasteiger charge is -2.23. The molecule has 0 N–H and O–H groups in total. The molecule has 0 aliphatic carbocycles. The van der Waals surface area contributed by atoms with Gasteiger partial charge in [-0.15, -0.1) is 0 Å². The lowest BCUT2D eigenvalue weighted by atomic mass is 9.98. The fraction of sp³-hybridized carbons (Fsp3) is 0.364. The molecule has 0 radical (unpaired) electrons. The third kappa shape index (κ3) is 1.91. The van der Waals surface area contributed by atoms with Gasteiger partial charge in [0, 0.05) is 23.5 Å². The zero-order valence-corrected chi connectivity index (χ0v) is 9.04. The molecule has 0 unspecified atom stereocenters. The summed E-state index contributed by atoms with van der Waals surface area (Å²) in [5, 5.41) is 0. The number of halogens is 2. The van der Waals surface area contributed by atoms with Crippen molar-refractivity contribution in [1.82, 2.24) is 0 Å². The number of hydrogen-bond acceptors (Lipinski definition) is 2. The minimum Gasteiger partial charge on any atom is -0.294 e. The Bertz CT molecular complexity index is 413. The van der Waals surface area contributed by atoms with Crippen LogP contribution in [0.5, 0.6) is 0 Å². The summed E-state index contributed by atoms with van der Waals surface area (Å²) in [5.74, 6) is -0.153. The first-order valence-electron chi connectivity index (χ1n) is 4.67. The van der Waals surface area contributed by atoms with E-state index in [1.807, 2.05) is 0 Å². The molecule has 1 nitrogen and oxygen atoms in total. The van der Waals surface area contributed by atoms with E-state index in [4.69, 9.17) is 0 Å². The van der Waals surface area contributed by atoms with Crippen LogP contribution in [-0.4, -0.2) is 17.3 Å². The zero-order chi connectivity index (χ0) is 11.0. The smallest absolute Gasteiger partial charge is 0.170 e. The van der Waals surface area contributed by atoms with Crippen LogP contribution in [0.2, 0.25) is 0 Å². The van der Waals surface area contributed by atoms with Gasteiger partial charge >= 0.3 is 0 Å². The molecule has 1 aromatic rings. The van der Waals surface area contributed by atoms with Gasteiger partial charge in [-0.1, -0.05) is 0 Å². The number of thioether (sulfide) groups is 1. The molecule has 15 heavy (non-hydrogen) atoms. The second-order valence-electron chi connectivity index (χ2n) is 3.68. The highest BCUT2D eigenvalue weighted by atomic mass is 32.2. The molecule has 0 atom stereocenters. The first kappa shape index (κ1) is 10.6. The summed E-state index contributed by atoms with van der Waals surface area (Å²) in [6.45, 7) is 1.53. The number of ketones is 1. The Balaban J connectivity index is 2.34. The molecule has 1 fully saturated rings. The normalized spacial score (nSPS) is 16.2. The number of hydrogen-bond donors (Lipinski definition) is 0. The molecular formula is C11H10F2OS. The van der Waals surface area contributed by atoms with Gasteiger partial charge in [0.05, 0.1) is 5.56 Å². The SMILES string of the molecule is Cc1cc(C(=O)C2CSC2)c(F)cc1F. The second-order valence-corrected chi connectivity index (χ2v) is 4.75. The summed E-state index contributed by atoms with van der Waals surface area (Å²) >= 11 is 1.66. The van der Waals surface area contributed by atoms with Crippen molar-refractivity contribution in [2.24, 2.45) is 5.92 Å². The van der Waals surface area contributed by atoms with Crippen molar-refractivity contribution in [2.45, 2.75) is 6.92 Å². The van der Waals surface area contributed by atoms with Crippen LogP contribution < -0.4 is 0 Å². The summed E-state index contributed by atoms with van der Waals surface area (Å²) in [4.78, 5) is 11.7. The van der Waals surface area contributed by atoms with E-state index in [0.717, 1.165) is 17.6 Å². The van der Waals surface area contributed by atoms with E-state index < -0.39 is 11.6 Å². The van der Waals surface area contributed by atoms with Gasteiger partial charge in [-0.2, -0.15) is 11.8 Å². The van der Waals surface area contributed by atoms with E-state index in [0.29, 0.717) is 5.56 Å². The molecule has 1 saturated heterocycles. The molecule has 0 amide bonds. The summed E-state index contributed by atoms with van der Waals surface area (Å²) in [7, 11) is 0. The topological polar surface area (TPSA) is 17.1 Å². The molecule has 1 aromatic carbocycles. The average molecular weight is 228 g/mol. The maximum atomic E-state index is 13.3. The molecule has 0 bridgehead atoms. The highest BCUT2D eigenvalue weighted by Gasteiger charge is 2.29. The lowest BCUT2D eigenvalue weighted by Crippen LogP contribution is -2.28. The highest BCUT2D eigenvalue weighted by molar-refractivity contribution is 8.00. The zero-order valence-electron chi connectivity index (χ0n) is 8.22. The van der Waals surface area contributed by atoms with Crippen LogP contribution in [0.25, 0.3) is 0 Å². The van der Waals surface area contributed by atoms with Gasteiger partial charge in [0.15, 0.2) is 5.78 Å². The average Bonchev–Trinajstić information content (AvgIpc) is 2.08. The van der Waals surface area contributed by atoms with Crippen molar-refractivity contribution in [3.8, 4) is 0 Å². The number of carbonyl (C=O) groups excluding carboxylic acids is 1. The van der Waals surface area contributed by atoms with Gasteiger partial charge in [0.25, 0.3) is 0 Å². The highest BCUT2D eigenvalue weighted by Crippen LogP contribution is 2.29. The maximum absolute atomic E-state index is 13.3. The Morgan fingerprint density at radius 2 is 2.00 bits per heavy atom. The van der Waals surface area contributed by atoms with Crippen LogP contribution >= 0.6 is 11.8 Å². The molecule has 0 spiro atoms. The molecule has 1 aliphatic heterocycles. The van der Waals surface area contributed by atoms with Crippen LogP contribution in [0.1, 0.15) is 15.9 Å². The Kier molecular flexibility index (Phi) is 2.78. The fourth-order valence-electron chi connectivity index (χ4n) is 1.45. The van der Waals surface area contributed by atoms with Crippen LogP contribution in [-0.2, 0) is 0 Å². The molecule has 0 aromatic heterocycles. The van der Waals surface area contributed by atoms with E-state index in [2.05, 4.69) is 0 Å². The van der Waals surface area contributed by atoms with Gasteiger partial charge in [-0.25, -0.2) is 8.78 Å². The number of carbonyl (C=O) groups is 1. The lowest BCUT2D eigenvalue weighted by molar-refractivity contribution is 0.0934. The second kappa shape index (κ2) is 3.93. The summed E-state index contributed by atoms with van der Waals surface area (Å²) in [5.41, 5.74) is 0.339. The molecular weight excluding hydrogens is 218 g/mol. The van der Waals surface area contributed by atoms with Crippen LogP contribution in [0.3, 0.4) is 0 Å². The fourth-order valence-corrected chi connectivity index (χ4v) is 2.23. The van der Waals surface area contributed by atoms with Crippen LogP contribution in [0, 0.1) is 24.5 Å². The number of rotatable bonds is 2. The van der Waals surface area contributed by atoms with E-state index >= 15 is 0 Å². The summed E-state index contributed by atoms with van der Waals surface area (Å²) in [6, 6.07) is 2.09. The number of benzene rings is 1. The van der Waals surface area contributed by atoms with E-state index in [-0.39, 0.29) is 17.3 Å². The molecule has 1 heterocycles. The molecule has 1 aliphatic rings. The minimum absolute atomic E-state index is 0.0270. The number of aryl methyl sites for hydroxylation is 1. The van der Waals surface area contributed by atoms with Crippen molar-refractivity contribution in [1.29, 1.82) is 0 Å². The third-order valence-corrected chi connectivity index (χ3v) is 3.80. The maximum Gasteiger partial charge on any atom is 0.170 e. The van der Waals surface area contributed by atoms with Crippen LogP contribution in [0.15, 0.2) is 12.1 Å². The molecule has 0 saturated carbocycles. The van der Waals surface area contributed by atoms with Crippen molar-refractivity contribution in [3.05, 3.63) is 34.9 Å². The van der Waals surface area contributed by atoms with E-state index in [1.165, 1.54) is 13.0 Å². The molecule has 80 valence electrons. The Labute approximate surface area is 90.9 Å². The van der Waals surface area contributed by atoms with E-state index in [9.17, 15) is 13.6 Å². The first-order valence-corrected chi connectivity index (χ1v) is 5.82. The van der Waals surface area contributed by atoms with Gasteiger partial charge in [-0.3, -0.25) is 4.79 Å². The Hall–Kier alpha value is -0.900. The van der Waals surface area contributed by atoms with Gasteiger partial charge in [-0.05, 0) is 18.6 Å². The van der Waals surface area contributed by atoms with Gasteiger partial charge in [0.1, 0.15) is 11.6 Å². The largest absolute Gasteiger partial charge is 0.294 e. The molecule has 2 rings (SSSR count). The third-order valence-electron chi connectivity index (χ3n) is 2.52. The Morgan fingerprint density at radius 1 is 1.33 bits per heavy atom. The van der Waals surface area contributed by atoms with Gasteiger partial charge in [0.2, 0.25) is 0 Å². The quantitative estimate of drug-likeness (QED) is 0.724. The predicted molar refractivity (Wildman–Crippen MR) is 56.2 cm³/mol. The summed E-state index contributed by atoms with van der Waals surface area (Å²) < 4.78 is 26.3. The van der Waals surface area contributed by atoms with Crippen LogP contribution in [0.4, 0.5) is 8.78 Å². The van der Waals surface area contributed by atoms with Crippen molar-refractivity contribution in [2.75, 3.05) is 11.5 Å². The monoisotopic (exact) mass is 228 g/mol. The molecule has 4 heteroatoms. The van der Waals surface area contributed by atoms with Gasteiger partial charge < -0.3 is 0 Å². The van der Waals surface area contributed by atoms with Crippen molar-refractivity contribution >= 4 is 17.5 Å². The Morgan fingerprint density at radius 3 is 2.53 bits per heavy atom. The minimum atomic E-state index is -0.750. The standard InChI is InChI=1S/C11H10F2OS/c1-6-2-8(10(13)3-9(6)12)11(14)7-4-15-5-7/h2-3,7H,4-5H2,1H3. The number of Topliss-reactive ketones (excluding diaryl/α,β-unsaturated/α-hetero) is 1. The van der Waals surface area contributed by atoms with E-state index in [1.54, 1.807) is 11.8 Å². The predicted octanol–water partition coefficient (Wildman–Crippen LogP) is 2.82. The van der Waals surface area contributed by atoms with Crippen molar-refractivity contribution < 1.29 is 13.6 Å². The van der Waals surface area contributed by atoms with Crippen molar-refractivity contribution in [3.63, 3.8) is 0 Å². The first-order chi connectivity index (χ1) is 7.09. The summed E-state index contributed by atoms with van der Waals surface area (Å²) in [6.07, 6.45) is 0.